The van der Waals surface area contributed by atoms with Crippen molar-refractivity contribution in [3.8, 4) is 11.5 Å². The lowest BCUT2D eigenvalue weighted by Crippen LogP contribution is -2.17. The molecule has 1 aromatic heterocycles. The molecular formula is C17H15BrN4O3S. The highest BCUT2D eigenvalue weighted by Crippen LogP contribution is 2.36. The molecule has 0 atom stereocenters. The molecule has 3 rings (SSSR count). The first kappa shape index (κ1) is 18.2. The van der Waals surface area contributed by atoms with Crippen molar-refractivity contribution < 1.29 is 14.3 Å². The summed E-state index contributed by atoms with van der Waals surface area (Å²) in [7, 11) is 3.11. The highest BCUT2D eigenvalue weighted by molar-refractivity contribution is 9.10. The third-order valence-electron chi connectivity index (χ3n) is 3.55. The molecule has 0 radical (unpaired) electrons. The molecule has 0 spiro atoms. The summed E-state index contributed by atoms with van der Waals surface area (Å²) in [5.41, 5.74) is 10.2. The smallest absolute Gasteiger partial charge is 0.271 e. The van der Waals surface area contributed by atoms with Gasteiger partial charge >= 0.3 is 0 Å². The SMILES string of the molecule is COc1ccc(/C=N\NC(=O)c2ccc3nc(N)sc3c2)c(Br)c1OC. The molecule has 0 saturated heterocycles. The van der Waals surface area contributed by atoms with Crippen molar-refractivity contribution in [3.63, 3.8) is 0 Å². The first-order valence-corrected chi connectivity index (χ1v) is 9.04. The lowest BCUT2D eigenvalue weighted by atomic mass is 10.2. The lowest BCUT2D eigenvalue weighted by Gasteiger charge is -2.10. The molecule has 0 aliphatic heterocycles. The zero-order chi connectivity index (χ0) is 18.7. The summed E-state index contributed by atoms with van der Waals surface area (Å²) in [6.45, 7) is 0. The number of anilines is 1. The van der Waals surface area contributed by atoms with E-state index in [-0.39, 0.29) is 5.91 Å². The fraction of sp³-hybridized carbons (Fsp3) is 0.118. The Hall–Kier alpha value is -2.65. The number of hydrazone groups is 1. The summed E-state index contributed by atoms with van der Waals surface area (Å²) >= 11 is 4.78. The first-order valence-electron chi connectivity index (χ1n) is 7.43. The van der Waals surface area contributed by atoms with E-state index in [4.69, 9.17) is 15.2 Å². The number of thiazole rings is 1. The first-order chi connectivity index (χ1) is 12.5. The summed E-state index contributed by atoms with van der Waals surface area (Å²) in [5.74, 6) is 0.820. The van der Waals surface area contributed by atoms with Crippen LogP contribution in [0.1, 0.15) is 15.9 Å². The second-order valence-electron chi connectivity index (χ2n) is 5.14. The Morgan fingerprint density at radius 1 is 1.31 bits per heavy atom. The van der Waals surface area contributed by atoms with Crippen molar-refractivity contribution in [1.29, 1.82) is 0 Å². The number of carbonyl (C=O) groups is 1. The fourth-order valence-electron chi connectivity index (χ4n) is 2.31. The number of amides is 1. The summed E-state index contributed by atoms with van der Waals surface area (Å²) in [4.78, 5) is 16.4. The van der Waals surface area contributed by atoms with E-state index in [0.29, 0.717) is 26.7 Å². The van der Waals surface area contributed by atoms with E-state index in [9.17, 15) is 4.79 Å². The highest BCUT2D eigenvalue weighted by Gasteiger charge is 2.12. The largest absolute Gasteiger partial charge is 0.493 e. The number of nitrogens with one attached hydrogen (secondary N) is 1. The van der Waals surface area contributed by atoms with Crippen LogP contribution in [0.3, 0.4) is 0 Å². The van der Waals surface area contributed by atoms with Gasteiger partial charge in [-0.2, -0.15) is 5.10 Å². The molecule has 0 aliphatic carbocycles. The Bertz CT molecular complexity index is 1000. The molecule has 134 valence electrons. The zero-order valence-corrected chi connectivity index (χ0v) is 16.3. The number of nitrogen functional groups attached to an aromatic ring is 1. The van der Waals surface area contributed by atoms with Gasteiger partial charge in [-0.1, -0.05) is 11.3 Å². The molecule has 0 saturated carbocycles. The molecule has 1 amide bonds. The van der Waals surface area contributed by atoms with Crippen LogP contribution in [0.15, 0.2) is 39.9 Å². The Labute approximate surface area is 162 Å². The predicted octanol–water partition coefficient (Wildman–Crippen LogP) is 3.42. The van der Waals surface area contributed by atoms with E-state index in [1.54, 1.807) is 44.6 Å². The van der Waals surface area contributed by atoms with Crippen LogP contribution in [0.5, 0.6) is 11.5 Å². The summed E-state index contributed by atoms with van der Waals surface area (Å²) in [6.07, 6.45) is 1.52. The van der Waals surface area contributed by atoms with E-state index in [2.05, 4.69) is 31.4 Å². The van der Waals surface area contributed by atoms with Gasteiger partial charge in [-0.3, -0.25) is 4.79 Å². The molecule has 0 fully saturated rings. The van der Waals surface area contributed by atoms with Crippen LogP contribution in [-0.4, -0.2) is 31.3 Å². The van der Waals surface area contributed by atoms with Crippen molar-refractivity contribution in [2.24, 2.45) is 5.10 Å². The van der Waals surface area contributed by atoms with E-state index in [0.717, 1.165) is 15.8 Å². The van der Waals surface area contributed by atoms with Gasteiger partial charge in [-0.15, -0.1) is 0 Å². The van der Waals surface area contributed by atoms with Crippen molar-refractivity contribution in [1.82, 2.24) is 10.4 Å². The van der Waals surface area contributed by atoms with Gasteiger partial charge in [-0.25, -0.2) is 10.4 Å². The number of halogens is 1. The van der Waals surface area contributed by atoms with Gasteiger partial charge < -0.3 is 15.2 Å². The maximum atomic E-state index is 12.3. The minimum atomic E-state index is -0.327. The van der Waals surface area contributed by atoms with Crippen molar-refractivity contribution in [3.05, 3.63) is 45.9 Å². The molecule has 26 heavy (non-hydrogen) atoms. The predicted molar refractivity (Wildman–Crippen MR) is 106 cm³/mol. The van der Waals surface area contributed by atoms with E-state index >= 15 is 0 Å². The maximum Gasteiger partial charge on any atom is 0.271 e. The summed E-state index contributed by atoms with van der Waals surface area (Å²) < 4.78 is 12.1. The summed E-state index contributed by atoms with van der Waals surface area (Å²) in [6, 6.07) is 8.73. The number of ether oxygens (including phenoxy) is 2. The Balaban J connectivity index is 1.76. The number of rotatable bonds is 5. The van der Waals surface area contributed by atoms with Crippen molar-refractivity contribution >= 4 is 54.7 Å². The molecule has 7 nitrogen and oxygen atoms in total. The van der Waals surface area contributed by atoms with Gasteiger partial charge in [0.1, 0.15) is 0 Å². The number of nitrogens with zero attached hydrogens (tertiary/aromatic N) is 2. The standard InChI is InChI=1S/C17H15BrN4O3S/c1-24-12-6-4-10(14(18)15(12)25-2)8-20-22-16(23)9-3-5-11-13(7-9)26-17(19)21-11/h3-8H,1-2H3,(H2,19,21)(H,22,23)/b20-8-. The van der Waals surface area contributed by atoms with Crippen molar-refractivity contribution in [2.75, 3.05) is 20.0 Å². The van der Waals surface area contributed by atoms with Crippen LogP contribution in [0.25, 0.3) is 10.2 Å². The van der Waals surface area contributed by atoms with E-state index < -0.39 is 0 Å². The molecule has 0 unspecified atom stereocenters. The molecule has 0 bridgehead atoms. The third-order valence-corrected chi connectivity index (χ3v) is 5.22. The van der Waals surface area contributed by atoms with Crippen LogP contribution in [0.4, 0.5) is 5.13 Å². The quantitative estimate of drug-likeness (QED) is 0.473. The van der Waals surface area contributed by atoms with Crippen LogP contribution >= 0.6 is 27.3 Å². The molecule has 2 aromatic carbocycles. The van der Waals surface area contributed by atoms with Crippen LogP contribution < -0.4 is 20.6 Å². The van der Waals surface area contributed by atoms with E-state index in [1.807, 2.05) is 0 Å². The van der Waals surface area contributed by atoms with Gasteiger partial charge in [0.2, 0.25) is 0 Å². The van der Waals surface area contributed by atoms with Crippen LogP contribution in [0.2, 0.25) is 0 Å². The number of nitrogens with two attached hydrogens (primary N) is 1. The van der Waals surface area contributed by atoms with Crippen LogP contribution in [-0.2, 0) is 0 Å². The number of carbonyl (C=O) groups excluding carboxylic acids is 1. The molecule has 3 N–H and O–H groups in total. The van der Waals surface area contributed by atoms with Crippen molar-refractivity contribution in [2.45, 2.75) is 0 Å². The van der Waals surface area contributed by atoms with Crippen LogP contribution in [0, 0.1) is 0 Å². The molecule has 9 heteroatoms. The second-order valence-corrected chi connectivity index (χ2v) is 6.99. The monoisotopic (exact) mass is 434 g/mol. The minimum Gasteiger partial charge on any atom is -0.493 e. The average molecular weight is 435 g/mol. The number of benzene rings is 2. The number of fused-ring (bicyclic) bond motifs is 1. The topological polar surface area (TPSA) is 98.8 Å². The van der Waals surface area contributed by atoms with E-state index in [1.165, 1.54) is 17.6 Å². The minimum absolute atomic E-state index is 0.327. The zero-order valence-electron chi connectivity index (χ0n) is 13.9. The third kappa shape index (κ3) is 3.63. The van der Waals surface area contributed by atoms with Gasteiger partial charge in [0.25, 0.3) is 5.91 Å². The number of hydrogen-bond donors (Lipinski definition) is 2. The normalized spacial score (nSPS) is 11.0. The van der Waals surface area contributed by atoms with Gasteiger partial charge in [0.05, 0.1) is 35.1 Å². The Morgan fingerprint density at radius 3 is 2.85 bits per heavy atom. The van der Waals surface area contributed by atoms with Gasteiger partial charge in [-0.05, 0) is 46.3 Å². The average Bonchev–Trinajstić information content (AvgIpc) is 3.01. The van der Waals surface area contributed by atoms with Gasteiger partial charge in [0.15, 0.2) is 16.6 Å². The van der Waals surface area contributed by atoms with Gasteiger partial charge in [0, 0.05) is 11.1 Å². The lowest BCUT2D eigenvalue weighted by molar-refractivity contribution is 0.0955. The molecule has 0 aliphatic rings. The molecule has 3 aromatic rings. The number of hydrogen-bond acceptors (Lipinski definition) is 7. The fourth-order valence-corrected chi connectivity index (χ4v) is 3.68. The Kier molecular flexibility index (Phi) is 5.38. The number of aromatic nitrogens is 1. The Morgan fingerprint density at radius 2 is 2.12 bits per heavy atom. The molecular weight excluding hydrogens is 420 g/mol. The second kappa shape index (κ2) is 7.71. The maximum absolute atomic E-state index is 12.3. The highest BCUT2D eigenvalue weighted by atomic mass is 79.9. The molecule has 1 heterocycles. The summed E-state index contributed by atoms with van der Waals surface area (Å²) in [5, 5.41) is 4.47. The number of methoxy groups -OCH3 is 2.